The number of nitrogens with one attached hydrogen (secondary N) is 2. The standard InChI is InChI=1S/C23H23FN4O2S/c24-19-5-2-1-4-18(19)12-21-23(30)27-20(15-31-21)22(29)25-13-16-6-8-17(9-7-16)14-28-11-3-10-26-28/h1-11,20-21H,12-15H2,(H,25,29)(H,27,30)/t20-,21-/m0/s1. The van der Waals surface area contributed by atoms with E-state index in [4.69, 9.17) is 0 Å². The number of carbonyl (C=O) groups excluding carboxylic acids is 2. The number of halogens is 1. The monoisotopic (exact) mass is 438 g/mol. The average Bonchev–Trinajstić information content (AvgIpc) is 3.29. The predicted molar refractivity (Wildman–Crippen MR) is 118 cm³/mol. The van der Waals surface area contributed by atoms with Gasteiger partial charge in [0.05, 0.1) is 11.8 Å². The summed E-state index contributed by atoms with van der Waals surface area (Å²) in [7, 11) is 0. The third-order valence-corrected chi connectivity index (χ3v) is 6.46. The first kappa shape index (κ1) is 21.1. The van der Waals surface area contributed by atoms with E-state index in [1.807, 2.05) is 41.2 Å². The molecule has 1 aliphatic rings. The molecule has 1 saturated heterocycles. The Labute approximate surface area is 184 Å². The van der Waals surface area contributed by atoms with E-state index in [1.54, 1.807) is 24.4 Å². The first-order valence-electron chi connectivity index (χ1n) is 10.1. The van der Waals surface area contributed by atoms with Crippen LogP contribution in [0.1, 0.15) is 16.7 Å². The Kier molecular flexibility index (Phi) is 6.66. The molecule has 4 rings (SSSR count). The number of thioether (sulfide) groups is 1. The summed E-state index contributed by atoms with van der Waals surface area (Å²) in [6.07, 6.45) is 3.96. The number of hydrogen-bond donors (Lipinski definition) is 2. The van der Waals surface area contributed by atoms with Crippen molar-refractivity contribution in [3.63, 3.8) is 0 Å². The second-order valence-corrected chi connectivity index (χ2v) is 8.65. The van der Waals surface area contributed by atoms with E-state index in [1.165, 1.54) is 17.8 Å². The predicted octanol–water partition coefficient (Wildman–Crippen LogP) is 2.53. The van der Waals surface area contributed by atoms with Gasteiger partial charge in [-0.2, -0.15) is 5.10 Å². The molecule has 1 fully saturated rings. The van der Waals surface area contributed by atoms with Crippen LogP contribution in [0.2, 0.25) is 0 Å². The first-order chi connectivity index (χ1) is 15.1. The molecule has 2 atom stereocenters. The zero-order chi connectivity index (χ0) is 21.6. The summed E-state index contributed by atoms with van der Waals surface area (Å²) < 4.78 is 15.7. The zero-order valence-electron chi connectivity index (χ0n) is 16.8. The van der Waals surface area contributed by atoms with Crippen LogP contribution in [0, 0.1) is 5.82 Å². The molecule has 160 valence electrons. The van der Waals surface area contributed by atoms with Gasteiger partial charge in [-0.05, 0) is 35.2 Å². The van der Waals surface area contributed by atoms with Crippen molar-refractivity contribution in [2.24, 2.45) is 0 Å². The Hall–Kier alpha value is -3.13. The summed E-state index contributed by atoms with van der Waals surface area (Å²) in [5, 5.41) is 9.44. The SMILES string of the molecule is O=C(NCc1ccc(Cn2cccn2)cc1)[C@@H]1CS[C@@H](Cc2ccccc2F)C(=O)N1. The van der Waals surface area contributed by atoms with E-state index in [0.717, 1.165) is 11.1 Å². The van der Waals surface area contributed by atoms with Crippen molar-refractivity contribution in [1.29, 1.82) is 0 Å². The van der Waals surface area contributed by atoms with Gasteiger partial charge in [0.1, 0.15) is 11.9 Å². The lowest BCUT2D eigenvalue weighted by Gasteiger charge is -2.28. The number of hydrogen-bond acceptors (Lipinski definition) is 4. The number of nitrogens with zero attached hydrogens (tertiary/aromatic N) is 2. The molecular formula is C23H23FN4O2S. The summed E-state index contributed by atoms with van der Waals surface area (Å²) in [5.74, 6) is -0.306. The average molecular weight is 439 g/mol. The van der Waals surface area contributed by atoms with Gasteiger partial charge >= 0.3 is 0 Å². The molecule has 2 heterocycles. The Bertz CT molecular complexity index is 1040. The van der Waals surface area contributed by atoms with E-state index < -0.39 is 11.3 Å². The molecule has 0 bridgehead atoms. The minimum absolute atomic E-state index is 0.217. The molecule has 0 spiro atoms. The van der Waals surface area contributed by atoms with Gasteiger partial charge in [0.15, 0.2) is 0 Å². The number of rotatable bonds is 7. The molecule has 31 heavy (non-hydrogen) atoms. The molecule has 8 heteroatoms. The Morgan fingerprint density at radius 3 is 2.65 bits per heavy atom. The maximum absolute atomic E-state index is 13.8. The van der Waals surface area contributed by atoms with Crippen LogP contribution in [-0.4, -0.2) is 38.6 Å². The fourth-order valence-electron chi connectivity index (χ4n) is 3.41. The molecule has 3 aromatic rings. The van der Waals surface area contributed by atoms with Crippen LogP contribution in [0.15, 0.2) is 67.0 Å². The topological polar surface area (TPSA) is 76.0 Å². The van der Waals surface area contributed by atoms with Crippen molar-refractivity contribution < 1.29 is 14.0 Å². The van der Waals surface area contributed by atoms with Gasteiger partial charge in [0, 0.05) is 24.7 Å². The molecule has 1 aliphatic heterocycles. The molecule has 6 nitrogen and oxygen atoms in total. The largest absolute Gasteiger partial charge is 0.350 e. The summed E-state index contributed by atoms with van der Waals surface area (Å²) in [6.45, 7) is 1.08. The van der Waals surface area contributed by atoms with Crippen LogP contribution in [0.25, 0.3) is 0 Å². The van der Waals surface area contributed by atoms with E-state index >= 15 is 0 Å². The maximum Gasteiger partial charge on any atom is 0.243 e. The lowest BCUT2D eigenvalue weighted by atomic mass is 10.1. The molecule has 2 amide bonds. The zero-order valence-corrected chi connectivity index (χ0v) is 17.6. The van der Waals surface area contributed by atoms with Crippen molar-refractivity contribution in [2.75, 3.05) is 5.75 Å². The van der Waals surface area contributed by atoms with Crippen molar-refractivity contribution in [3.8, 4) is 0 Å². The van der Waals surface area contributed by atoms with Crippen LogP contribution < -0.4 is 10.6 Å². The first-order valence-corrected chi connectivity index (χ1v) is 11.1. The van der Waals surface area contributed by atoms with Gasteiger partial charge in [-0.25, -0.2) is 4.39 Å². The van der Waals surface area contributed by atoms with E-state index in [9.17, 15) is 14.0 Å². The molecule has 0 aliphatic carbocycles. The van der Waals surface area contributed by atoms with Gasteiger partial charge in [0.25, 0.3) is 0 Å². The number of carbonyl (C=O) groups is 2. The highest BCUT2D eigenvalue weighted by Crippen LogP contribution is 2.23. The minimum Gasteiger partial charge on any atom is -0.350 e. The van der Waals surface area contributed by atoms with Crippen LogP contribution in [0.4, 0.5) is 4.39 Å². The van der Waals surface area contributed by atoms with Crippen molar-refractivity contribution >= 4 is 23.6 Å². The fourth-order valence-corrected chi connectivity index (χ4v) is 4.58. The lowest BCUT2D eigenvalue weighted by molar-refractivity contribution is -0.128. The summed E-state index contributed by atoms with van der Waals surface area (Å²) in [6, 6.07) is 15.7. The smallest absolute Gasteiger partial charge is 0.243 e. The van der Waals surface area contributed by atoms with Crippen LogP contribution >= 0.6 is 11.8 Å². The lowest BCUT2D eigenvalue weighted by Crippen LogP contribution is -2.54. The molecule has 0 radical (unpaired) electrons. The van der Waals surface area contributed by atoms with Gasteiger partial charge in [-0.3, -0.25) is 14.3 Å². The normalized spacial score (nSPS) is 18.4. The van der Waals surface area contributed by atoms with Gasteiger partial charge in [-0.1, -0.05) is 42.5 Å². The summed E-state index contributed by atoms with van der Waals surface area (Å²) >= 11 is 1.39. The molecule has 0 unspecified atom stereocenters. The van der Waals surface area contributed by atoms with Crippen molar-refractivity contribution in [1.82, 2.24) is 20.4 Å². The highest BCUT2D eigenvalue weighted by molar-refractivity contribution is 8.00. The highest BCUT2D eigenvalue weighted by Gasteiger charge is 2.32. The quantitative estimate of drug-likeness (QED) is 0.595. The molecule has 2 aromatic carbocycles. The summed E-state index contributed by atoms with van der Waals surface area (Å²) in [5.41, 5.74) is 2.61. The van der Waals surface area contributed by atoms with E-state index in [2.05, 4.69) is 15.7 Å². The molecule has 1 aromatic heterocycles. The Morgan fingerprint density at radius 2 is 1.94 bits per heavy atom. The van der Waals surface area contributed by atoms with E-state index in [0.29, 0.717) is 30.8 Å². The minimum atomic E-state index is -0.589. The maximum atomic E-state index is 13.8. The van der Waals surface area contributed by atoms with Crippen LogP contribution in [0.5, 0.6) is 0 Å². The second kappa shape index (κ2) is 9.78. The Morgan fingerprint density at radius 1 is 1.16 bits per heavy atom. The molecular weight excluding hydrogens is 415 g/mol. The fraction of sp³-hybridized carbons (Fsp3) is 0.261. The van der Waals surface area contributed by atoms with Crippen LogP contribution in [-0.2, 0) is 29.1 Å². The van der Waals surface area contributed by atoms with E-state index in [-0.39, 0.29) is 17.6 Å². The van der Waals surface area contributed by atoms with Gasteiger partial charge in [0.2, 0.25) is 11.8 Å². The third kappa shape index (κ3) is 5.52. The van der Waals surface area contributed by atoms with Crippen LogP contribution in [0.3, 0.4) is 0 Å². The van der Waals surface area contributed by atoms with Crippen molar-refractivity contribution in [3.05, 3.63) is 89.5 Å². The van der Waals surface area contributed by atoms with Gasteiger partial charge in [-0.15, -0.1) is 11.8 Å². The van der Waals surface area contributed by atoms with Gasteiger partial charge < -0.3 is 10.6 Å². The highest BCUT2D eigenvalue weighted by atomic mass is 32.2. The Balaban J connectivity index is 1.25. The number of benzene rings is 2. The second-order valence-electron chi connectivity index (χ2n) is 7.42. The number of aromatic nitrogens is 2. The molecule has 2 N–H and O–H groups in total. The summed E-state index contributed by atoms with van der Waals surface area (Å²) in [4.78, 5) is 24.9. The third-order valence-electron chi connectivity index (χ3n) is 5.15. The van der Waals surface area contributed by atoms with Crippen molar-refractivity contribution in [2.45, 2.75) is 30.8 Å². The molecule has 0 saturated carbocycles. The number of amides is 2.